The van der Waals surface area contributed by atoms with E-state index in [0.29, 0.717) is 12.5 Å². The third-order valence-corrected chi connectivity index (χ3v) is 2.94. The molecule has 92 valence electrons. The molecule has 0 radical (unpaired) electrons. The number of ether oxygens (including phenoxy) is 1. The fraction of sp³-hybridized carbons (Fsp3) is 0.462. The lowest BCUT2D eigenvalue weighted by atomic mass is 10.2. The monoisotopic (exact) mass is 235 g/mol. The number of alkyl carbamates (subject to hydrolysis) is 1. The van der Waals surface area contributed by atoms with Crippen LogP contribution in [0.2, 0.25) is 0 Å². The van der Waals surface area contributed by atoms with Gasteiger partial charge in [0, 0.05) is 12.6 Å². The molecule has 0 unspecified atom stereocenters. The van der Waals surface area contributed by atoms with E-state index in [0.717, 1.165) is 18.4 Å². The van der Waals surface area contributed by atoms with Crippen molar-refractivity contribution in [3.63, 3.8) is 0 Å². The molecule has 2 rings (SSSR count). The average Bonchev–Trinajstić information content (AvgIpc) is 3.06. The van der Waals surface area contributed by atoms with Crippen LogP contribution in [-0.4, -0.2) is 23.8 Å². The molecule has 2 atom stereocenters. The van der Waals surface area contributed by atoms with Gasteiger partial charge >= 0.3 is 6.09 Å². The van der Waals surface area contributed by atoms with Crippen molar-refractivity contribution in [1.82, 2.24) is 5.32 Å². The summed E-state index contributed by atoms with van der Waals surface area (Å²) in [5, 5.41) is 11.5. The van der Waals surface area contributed by atoms with Crippen LogP contribution >= 0.6 is 0 Å². The first-order chi connectivity index (χ1) is 8.29. The second kappa shape index (κ2) is 5.68. The molecule has 1 amide bonds. The molecule has 1 saturated carbocycles. The molecule has 0 bridgehead atoms. The number of aliphatic hydroxyl groups is 1. The lowest BCUT2D eigenvalue weighted by Crippen LogP contribution is -2.27. The van der Waals surface area contributed by atoms with Gasteiger partial charge in [-0.25, -0.2) is 4.79 Å². The van der Waals surface area contributed by atoms with Crippen LogP contribution in [0.25, 0.3) is 0 Å². The summed E-state index contributed by atoms with van der Waals surface area (Å²) in [5.41, 5.74) is 0.977. The SMILES string of the molecule is O=C(N[C@@H]1C[C@H]1CCO)OCc1ccccc1. The topological polar surface area (TPSA) is 58.6 Å². The minimum Gasteiger partial charge on any atom is -0.445 e. The summed E-state index contributed by atoms with van der Waals surface area (Å²) in [6, 6.07) is 9.76. The van der Waals surface area contributed by atoms with Gasteiger partial charge in [0.2, 0.25) is 0 Å². The predicted octanol–water partition coefficient (Wildman–Crippen LogP) is 1.68. The molecule has 1 aromatic carbocycles. The molecule has 17 heavy (non-hydrogen) atoms. The highest BCUT2D eigenvalue weighted by molar-refractivity contribution is 5.68. The number of amides is 1. The van der Waals surface area contributed by atoms with Crippen LogP contribution in [0.3, 0.4) is 0 Å². The highest BCUT2D eigenvalue weighted by Crippen LogP contribution is 2.33. The van der Waals surface area contributed by atoms with Gasteiger partial charge in [0.15, 0.2) is 0 Å². The summed E-state index contributed by atoms with van der Waals surface area (Å²) < 4.78 is 5.09. The smallest absolute Gasteiger partial charge is 0.407 e. The summed E-state index contributed by atoms with van der Waals surface area (Å²) in [7, 11) is 0. The van der Waals surface area contributed by atoms with E-state index in [1.165, 1.54) is 0 Å². The maximum absolute atomic E-state index is 11.4. The van der Waals surface area contributed by atoms with Gasteiger partial charge in [0.05, 0.1) is 0 Å². The zero-order chi connectivity index (χ0) is 12.1. The van der Waals surface area contributed by atoms with Crippen molar-refractivity contribution in [1.29, 1.82) is 0 Å². The molecular weight excluding hydrogens is 218 g/mol. The van der Waals surface area contributed by atoms with Crippen molar-refractivity contribution in [3.8, 4) is 0 Å². The molecule has 4 heteroatoms. The third-order valence-electron chi connectivity index (χ3n) is 2.94. The van der Waals surface area contributed by atoms with Gasteiger partial charge in [-0.2, -0.15) is 0 Å². The maximum Gasteiger partial charge on any atom is 0.407 e. The number of carbonyl (C=O) groups is 1. The van der Waals surface area contributed by atoms with E-state index < -0.39 is 0 Å². The van der Waals surface area contributed by atoms with E-state index in [4.69, 9.17) is 9.84 Å². The largest absolute Gasteiger partial charge is 0.445 e. The second-order valence-electron chi connectivity index (χ2n) is 4.32. The first-order valence-corrected chi connectivity index (χ1v) is 5.87. The number of benzene rings is 1. The lowest BCUT2D eigenvalue weighted by molar-refractivity contribution is 0.138. The molecule has 0 spiro atoms. The van der Waals surface area contributed by atoms with Gasteiger partial charge in [0.1, 0.15) is 6.61 Å². The van der Waals surface area contributed by atoms with Gasteiger partial charge < -0.3 is 15.2 Å². The zero-order valence-corrected chi connectivity index (χ0v) is 9.63. The summed E-state index contributed by atoms with van der Waals surface area (Å²) >= 11 is 0. The quantitative estimate of drug-likeness (QED) is 0.816. The fourth-order valence-electron chi connectivity index (χ4n) is 1.83. The first kappa shape index (κ1) is 11.9. The van der Waals surface area contributed by atoms with Crippen LogP contribution < -0.4 is 5.32 Å². The molecule has 4 nitrogen and oxygen atoms in total. The third kappa shape index (κ3) is 3.75. The van der Waals surface area contributed by atoms with Gasteiger partial charge in [-0.15, -0.1) is 0 Å². The Kier molecular flexibility index (Phi) is 3.98. The standard InChI is InChI=1S/C13H17NO3/c15-7-6-11-8-12(11)14-13(16)17-9-10-4-2-1-3-5-10/h1-5,11-12,15H,6-9H2,(H,14,16)/t11-,12-/m1/s1. The molecule has 1 aliphatic rings. The Bertz CT molecular complexity index is 366. The van der Waals surface area contributed by atoms with E-state index in [1.807, 2.05) is 30.3 Å². The molecule has 2 N–H and O–H groups in total. The fourth-order valence-corrected chi connectivity index (χ4v) is 1.83. The molecule has 1 fully saturated rings. The van der Waals surface area contributed by atoms with E-state index in [-0.39, 0.29) is 18.7 Å². The number of hydrogen-bond donors (Lipinski definition) is 2. The molecule has 0 saturated heterocycles. The van der Waals surface area contributed by atoms with Gasteiger partial charge in [0.25, 0.3) is 0 Å². The van der Waals surface area contributed by atoms with E-state index in [2.05, 4.69) is 5.32 Å². The van der Waals surface area contributed by atoms with E-state index in [9.17, 15) is 4.79 Å². The van der Waals surface area contributed by atoms with E-state index in [1.54, 1.807) is 0 Å². The van der Waals surface area contributed by atoms with Crippen LogP contribution in [0, 0.1) is 5.92 Å². The molecule has 0 heterocycles. The maximum atomic E-state index is 11.4. The number of nitrogens with one attached hydrogen (secondary N) is 1. The summed E-state index contributed by atoms with van der Waals surface area (Å²) in [4.78, 5) is 11.4. The Labute approximate surface area is 101 Å². The van der Waals surface area contributed by atoms with Crippen LogP contribution in [-0.2, 0) is 11.3 Å². The van der Waals surface area contributed by atoms with Crippen LogP contribution in [0.1, 0.15) is 18.4 Å². The molecule has 1 aliphatic carbocycles. The van der Waals surface area contributed by atoms with Crippen molar-refractivity contribution in [2.75, 3.05) is 6.61 Å². The minimum atomic E-state index is -0.376. The van der Waals surface area contributed by atoms with Crippen molar-refractivity contribution in [2.24, 2.45) is 5.92 Å². The Balaban J connectivity index is 1.65. The first-order valence-electron chi connectivity index (χ1n) is 5.87. The Morgan fingerprint density at radius 2 is 2.18 bits per heavy atom. The van der Waals surface area contributed by atoms with Gasteiger partial charge in [-0.3, -0.25) is 0 Å². The zero-order valence-electron chi connectivity index (χ0n) is 9.63. The average molecular weight is 235 g/mol. The molecule has 1 aromatic rings. The van der Waals surface area contributed by atoms with Crippen LogP contribution in [0.15, 0.2) is 30.3 Å². The van der Waals surface area contributed by atoms with Crippen LogP contribution in [0.5, 0.6) is 0 Å². The normalized spacial score (nSPS) is 21.9. The molecular formula is C13H17NO3. The van der Waals surface area contributed by atoms with Crippen LogP contribution in [0.4, 0.5) is 4.79 Å². The van der Waals surface area contributed by atoms with Gasteiger partial charge in [-0.05, 0) is 24.3 Å². The number of carbonyl (C=O) groups excluding carboxylic acids is 1. The van der Waals surface area contributed by atoms with Crippen molar-refractivity contribution in [3.05, 3.63) is 35.9 Å². The minimum absolute atomic E-state index is 0.182. The second-order valence-corrected chi connectivity index (χ2v) is 4.32. The summed E-state index contributed by atoms with van der Waals surface area (Å²) in [5.74, 6) is 0.421. The Morgan fingerprint density at radius 3 is 2.88 bits per heavy atom. The van der Waals surface area contributed by atoms with Crippen molar-refractivity contribution in [2.45, 2.75) is 25.5 Å². The number of aliphatic hydroxyl groups excluding tert-OH is 1. The molecule has 0 aromatic heterocycles. The number of hydrogen-bond acceptors (Lipinski definition) is 3. The summed E-state index contributed by atoms with van der Waals surface area (Å²) in [6.07, 6.45) is 1.32. The van der Waals surface area contributed by atoms with Crippen molar-refractivity contribution < 1.29 is 14.6 Å². The molecule has 0 aliphatic heterocycles. The van der Waals surface area contributed by atoms with Crippen molar-refractivity contribution >= 4 is 6.09 Å². The highest BCUT2D eigenvalue weighted by atomic mass is 16.5. The highest BCUT2D eigenvalue weighted by Gasteiger charge is 2.37. The Hall–Kier alpha value is -1.55. The van der Waals surface area contributed by atoms with Gasteiger partial charge in [-0.1, -0.05) is 30.3 Å². The number of rotatable bonds is 5. The predicted molar refractivity (Wildman–Crippen MR) is 63.4 cm³/mol. The van der Waals surface area contributed by atoms with E-state index >= 15 is 0 Å². The summed E-state index contributed by atoms with van der Waals surface area (Å²) in [6.45, 7) is 0.478. The Morgan fingerprint density at radius 1 is 1.41 bits per heavy atom. The lowest BCUT2D eigenvalue weighted by Gasteiger charge is -2.06.